The zero-order valence-corrected chi connectivity index (χ0v) is 7.49. The Morgan fingerprint density at radius 3 is 2.67 bits per heavy atom. The lowest BCUT2D eigenvalue weighted by Crippen LogP contribution is -2.16. The van der Waals surface area contributed by atoms with Gasteiger partial charge in [-0.15, -0.1) is 0 Å². The minimum atomic E-state index is -4.36. The van der Waals surface area contributed by atoms with E-state index >= 15 is 0 Å². The third-order valence-electron chi connectivity index (χ3n) is 1.83. The molecule has 1 N–H and O–H groups in total. The molecule has 1 rings (SSSR count). The van der Waals surface area contributed by atoms with E-state index in [4.69, 9.17) is 5.11 Å². The first kappa shape index (κ1) is 11.5. The van der Waals surface area contributed by atoms with Gasteiger partial charge in [-0.25, -0.2) is 0 Å². The van der Waals surface area contributed by atoms with Crippen molar-refractivity contribution in [2.24, 2.45) is 0 Å². The number of hydrogen-bond acceptors (Lipinski definition) is 3. The quantitative estimate of drug-likeness (QED) is 0.849. The summed E-state index contributed by atoms with van der Waals surface area (Å²) in [6, 6.07) is 1.25. The smallest absolute Gasteiger partial charge is 0.389 e. The average Bonchev–Trinajstić information content (AvgIpc) is 2.54. The van der Waals surface area contributed by atoms with Crippen LogP contribution in [0.2, 0.25) is 0 Å². The summed E-state index contributed by atoms with van der Waals surface area (Å²) in [4.78, 5) is 10.7. The van der Waals surface area contributed by atoms with Gasteiger partial charge in [0.25, 0.3) is 0 Å². The van der Waals surface area contributed by atoms with E-state index in [1.54, 1.807) is 0 Å². The van der Waals surface area contributed by atoms with E-state index in [1.165, 1.54) is 6.07 Å². The second kappa shape index (κ2) is 4.33. The average molecular weight is 223 g/mol. The summed E-state index contributed by atoms with van der Waals surface area (Å²) in [5.74, 6) is -2.61. The lowest BCUT2D eigenvalue weighted by Gasteiger charge is -2.10. The fourth-order valence-electron chi connectivity index (χ4n) is 1.11. The molecule has 0 aliphatic rings. The van der Waals surface area contributed by atoms with Crippen LogP contribution in [-0.2, 0) is 4.79 Å². The molecule has 0 fully saturated rings. The molecule has 0 saturated heterocycles. The van der Waals surface area contributed by atoms with Crippen molar-refractivity contribution in [3.05, 3.63) is 18.0 Å². The molecular weight excluding hydrogens is 215 g/mol. The van der Waals surface area contributed by atoms with Gasteiger partial charge in [-0.05, 0) is 6.42 Å². The molecule has 0 aromatic carbocycles. The fraction of sp³-hybridized carbons (Fsp3) is 0.500. The van der Waals surface area contributed by atoms with Gasteiger partial charge in [0.1, 0.15) is 12.2 Å². The number of rotatable bonds is 4. The van der Waals surface area contributed by atoms with Crippen LogP contribution in [0.25, 0.3) is 0 Å². The molecule has 0 aliphatic heterocycles. The van der Waals surface area contributed by atoms with Gasteiger partial charge in [-0.3, -0.25) is 4.79 Å². The van der Waals surface area contributed by atoms with Gasteiger partial charge in [-0.1, -0.05) is 5.16 Å². The normalized spacial score (nSPS) is 13.8. The Kier molecular flexibility index (Phi) is 3.33. The predicted octanol–water partition coefficient (Wildman–Crippen LogP) is 2.19. The highest BCUT2D eigenvalue weighted by atomic mass is 19.4. The number of aromatic nitrogens is 1. The third kappa shape index (κ3) is 3.61. The van der Waals surface area contributed by atoms with Crippen LogP contribution in [0.4, 0.5) is 13.2 Å². The van der Waals surface area contributed by atoms with Crippen LogP contribution in [0.3, 0.4) is 0 Å². The van der Waals surface area contributed by atoms with Crippen LogP contribution < -0.4 is 0 Å². The molecule has 0 amide bonds. The molecule has 0 bridgehead atoms. The van der Waals surface area contributed by atoms with Crippen molar-refractivity contribution in [3.63, 3.8) is 0 Å². The van der Waals surface area contributed by atoms with Crippen LogP contribution >= 0.6 is 0 Å². The lowest BCUT2D eigenvalue weighted by atomic mass is 10.00. The zero-order chi connectivity index (χ0) is 11.5. The van der Waals surface area contributed by atoms with Crippen molar-refractivity contribution in [3.8, 4) is 0 Å². The molecule has 1 atom stereocenters. The molecule has 1 unspecified atom stereocenters. The number of carbonyl (C=O) groups is 1. The summed E-state index contributed by atoms with van der Waals surface area (Å²) >= 11 is 0. The highest BCUT2D eigenvalue weighted by molar-refractivity contribution is 5.75. The van der Waals surface area contributed by atoms with Crippen LogP contribution in [-0.4, -0.2) is 22.4 Å². The highest BCUT2D eigenvalue weighted by Gasteiger charge is 2.32. The predicted molar refractivity (Wildman–Crippen MR) is 42.2 cm³/mol. The highest BCUT2D eigenvalue weighted by Crippen LogP contribution is 2.28. The van der Waals surface area contributed by atoms with Gasteiger partial charge in [0.05, 0.1) is 5.69 Å². The molecule has 15 heavy (non-hydrogen) atoms. The summed E-state index contributed by atoms with van der Waals surface area (Å²) in [6.45, 7) is 0. The molecule has 0 spiro atoms. The minimum absolute atomic E-state index is 0.00625. The number of hydrogen-bond donors (Lipinski definition) is 1. The Morgan fingerprint density at radius 1 is 1.60 bits per heavy atom. The number of nitrogens with zero attached hydrogens (tertiary/aromatic N) is 1. The Hall–Kier alpha value is -1.53. The van der Waals surface area contributed by atoms with Gasteiger partial charge < -0.3 is 9.63 Å². The van der Waals surface area contributed by atoms with Crippen LogP contribution in [0.1, 0.15) is 24.5 Å². The summed E-state index contributed by atoms with van der Waals surface area (Å²) in [7, 11) is 0. The minimum Gasteiger partial charge on any atom is -0.481 e. The van der Waals surface area contributed by atoms with Crippen molar-refractivity contribution in [1.82, 2.24) is 5.16 Å². The second-order valence-electron chi connectivity index (χ2n) is 2.97. The Balaban J connectivity index is 2.65. The first-order valence-electron chi connectivity index (χ1n) is 4.10. The summed E-state index contributed by atoms with van der Waals surface area (Å²) in [6.07, 6.45) is -4.93. The lowest BCUT2D eigenvalue weighted by molar-refractivity contribution is -0.145. The molecule has 0 aliphatic carbocycles. The van der Waals surface area contributed by atoms with E-state index < -0.39 is 30.9 Å². The number of alkyl halides is 3. The summed E-state index contributed by atoms with van der Waals surface area (Å²) in [5, 5.41) is 12.0. The third-order valence-corrected chi connectivity index (χ3v) is 1.83. The zero-order valence-electron chi connectivity index (χ0n) is 7.49. The van der Waals surface area contributed by atoms with E-state index in [-0.39, 0.29) is 5.69 Å². The van der Waals surface area contributed by atoms with Gasteiger partial charge in [0.2, 0.25) is 0 Å². The second-order valence-corrected chi connectivity index (χ2v) is 2.97. The largest absolute Gasteiger partial charge is 0.481 e. The molecule has 0 radical (unpaired) electrons. The van der Waals surface area contributed by atoms with Gasteiger partial charge in [0.15, 0.2) is 0 Å². The molecule has 0 saturated carbocycles. The Bertz CT molecular complexity index is 320. The molecule has 4 nitrogen and oxygen atoms in total. The molecule has 1 heterocycles. The maximum Gasteiger partial charge on any atom is 0.389 e. The maximum absolute atomic E-state index is 11.9. The van der Waals surface area contributed by atoms with E-state index in [2.05, 4.69) is 9.68 Å². The molecule has 1 aromatic heterocycles. The van der Waals surface area contributed by atoms with E-state index in [0.29, 0.717) is 0 Å². The van der Waals surface area contributed by atoms with Crippen LogP contribution in [0.15, 0.2) is 16.9 Å². The van der Waals surface area contributed by atoms with Crippen LogP contribution in [0, 0.1) is 0 Å². The summed E-state index contributed by atoms with van der Waals surface area (Å²) in [5.41, 5.74) is 0.00625. The molecule has 84 valence electrons. The van der Waals surface area contributed by atoms with Crippen molar-refractivity contribution < 1.29 is 27.6 Å². The maximum atomic E-state index is 11.9. The topological polar surface area (TPSA) is 63.3 Å². The first-order valence-corrected chi connectivity index (χ1v) is 4.10. The van der Waals surface area contributed by atoms with Crippen molar-refractivity contribution >= 4 is 5.97 Å². The van der Waals surface area contributed by atoms with Crippen LogP contribution in [0.5, 0.6) is 0 Å². The number of aliphatic carboxylic acids is 1. The van der Waals surface area contributed by atoms with Crippen molar-refractivity contribution in [2.75, 3.05) is 0 Å². The standard InChI is InChI=1S/C8H8F3NO3/c9-8(10,11)3-1-5(7(13)14)6-2-4-15-12-6/h2,4-5H,1,3H2,(H,13,14). The number of carboxylic acid groups (broad SMARTS) is 1. The van der Waals surface area contributed by atoms with Gasteiger partial charge in [0, 0.05) is 12.5 Å². The Labute approximate surface area is 82.7 Å². The van der Waals surface area contributed by atoms with Crippen molar-refractivity contribution in [1.29, 1.82) is 0 Å². The number of carboxylic acids is 1. The molecular formula is C8H8F3NO3. The van der Waals surface area contributed by atoms with E-state index in [0.717, 1.165) is 6.26 Å². The molecule has 1 aromatic rings. The van der Waals surface area contributed by atoms with E-state index in [1.807, 2.05) is 0 Å². The SMILES string of the molecule is O=C(O)C(CCC(F)(F)F)c1ccon1. The van der Waals surface area contributed by atoms with Crippen molar-refractivity contribution in [2.45, 2.75) is 24.9 Å². The first-order chi connectivity index (χ1) is 6.90. The van der Waals surface area contributed by atoms with E-state index in [9.17, 15) is 18.0 Å². The Morgan fingerprint density at radius 2 is 2.27 bits per heavy atom. The fourth-order valence-corrected chi connectivity index (χ4v) is 1.11. The van der Waals surface area contributed by atoms with Gasteiger partial charge in [-0.2, -0.15) is 13.2 Å². The number of halogens is 3. The monoisotopic (exact) mass is 223 g/mol. The summed E-state index contributed by atoms with van der Waals surface area (Å²) < 4.78 is 40.0. The van der Waals surface area contributed by atoms with Gasteiger partial charge >= 0.3 is 12.1 Å². The molecule has 7 heteroatoms.